The van der Waals surface area contributed by atoms with E-state index in [9.17, 15) is 5.26 Å². The highest BCUT2D eigenvalue weighted by Gasteiger charge is 2.20. The van der Waals surface area contributed by atoms with Gasteiger partial charge in [0.15, 0.2) is 0 Å². The molecule has 0 spiro atoms. The molecule has 2 aromatic heterocycles. The Bertz CT molecular complexity index is 626. The van der Waals surface area contributed by atoms with Crippen molar-refractivity contribution >= 4 is 12.6 Å². The maximum absolute atomic E-state index is 9.30. The zero-order valence-corrected chi connectivity index (χ0v) is 10.6. The zero-order chi connectivity index (χ0) is 12.5. The lowest BCUT2D eigenvalue weighted by atomic mass is 9.89. The van der Waals surface area contributed by atoms with Crippen molar-refractivity contribution < 1.29 is 4.42 Å². The molecule has 0 unspecified atom stereocenters. The van der Waals surface area contributed by atoms with Crippen LogP contribution in [0.25, 0.3) is 11.3 Å². The number of nitrogens with zero attached hydrogens (tertiary/aromatic N) is 2. The van der Waals surface area contributed by atoms with E-state index in [4.69, 9.17) is 17.0 Å². The minimum absolute atomic E-state index is 0.393. The summed E-state index contributed by atoms with van der Waals surface area (Å²) in [4.78, 5) is 4.41. The standard InChI is InChI=1S/C14H12N2OS/c15-8-10-13(12-6-3-7-17-12)9-4-1-2-5-11(9)16-14(10)18/h3,6-7H,1-2,4-5H2,(H,16,18)/p-1. The number of hydrogen-bond acceptors (Lipinski definition) is 4. The summed E-state index contributed by atoms with van der Waals surface area (Å²) >= 11 is 5.22. The van der Waals surface area contributed by atoms with Crippen LogP contribution >= 0.6 is 0 Å². The number of rotatable bonds is 1. The van der Waals surface area contributed by atoms with Gasteiger partial charge < -0.3 is 17.0 Å². The van der Waals surface area contributed by atoms with Gasteiger partial charge in [0.05, 0.1) is 17.9 Å². The van der Waals surface area contributed by atoms with Crippen molar-refractivity contribution in [2.45, 2.75) is 30.7 Å². The third-order valence-corrected chi connectivity index (χ3v) is 3.62. The molecule has 0 saturated carbocycles. The molecule has 3 nitrogen and oxygen atoms in total. The maximum Gasteiger partial charge on any atom is 0.135 e. The molecule has 0 atom stereocenters. The van der Waals surface area contributed by atoms with Crippen molar-refractivity contribution in [3.05, 3.63) is 35.2 Å². The van der Waals surface area contributed by atoms with Crippen LogP contribution in [0.1, 0.15) is 29.7 Å². The van der Waals surface area contributed by atoms with Crippen LogP contribution in [-0.2, 0) is 25.5 Å². The van der Waals surface area contributed by atoms with Gasteiger partial charge >= 0.3 is 0 Å². The van der Waals surface area contributed by atoms with Gasteiger partial charge in [0, 0.05) is 11.3 Å². The monoisotopic (exact) mass is 255 g/mol. The van der Waals surface area contributed by atoms with Crippen LogP contribution in [0.5, 0.6) is 0 Å². The Morgan fingerprint density at radius 2 is 2.17 bits per heavy atom. The molecule has 1 aliphatic rings. The Kier molecular flexibility index (Phi) is 2.77. The van der Waals surface area contributed by atoms with Gasteiger partial charge in [0.1, 0.15) is 5.76 Å². The van der Waals surface area contributed by atoms with Gasteiger partial charge in [0.25, 0.3) is 0 Å². The minimum Gasteiger partial charge on any atom is -0.759 e. The summed E-state index contributed by atoms with van der Waals surface area (Å²) in [5.74, 6) is 0.721. The molecule has 0 aliphatic heterocycles. The number of hydrogen-bond donors (Lipinski definition) is 0. The summed E-state index contributed by atoms with van der Waals surface area (Å²) in [6.07, 6.45) is 5.78. The molecule has 2 heterocycles. The van der Waals surface area contributed by atoms with E-state index >= 15 is 0 Å². The summed E-state index contributed by atoms with van der Waals surface area (Å²) in [7, 11) is 0. The Morgan fingerprint density at radius 1 is 1.33 bits per heavy atom. The third kappa shape index (κ3) is 1.68. The van der Waals surface area contributed by atoms with Crippen molar-refractivity contribution in [2.75, 3.05) is 0 Å². The highest BCUT2D eigenvalue weighted by Crippen LogP contribution is 2.34. The predicted octanol–water partition coefficient (Wildman–Crippen LogP) is 3.00. The summed E-state index contributed by atoms with van der Waals surface area (Å²) in [6.45, 7) is 0. The molecule has 18 heavy (non-hydrogen) atoms. The third-order valence-electron chi connectivity index (χ3n) is 3.32. The first kappa shape index (κ1) is 11.2. The topological polar surface area (TPSA) is 49.8 Å². The molecule has 4 heteroatoms. The molecule has 0 radical (unpaired) electrons. The first-order chi connectivity index (χ1) is 8.81. The van der Waals surface area contributed by atoms with E-state index in [-0.39, 0.29) is 0 Å². The second kappa shape index (κ2) is 4.43. The Labute approximate surface area is 111 Å². The quantitative estimate of drug-likeness (QED) is 0.735. The summed E-state index contributed by atoms with van der Waals surface area (Å²) in [5.41, 5.74) is 3.51. The van der Waals surface area contributed by atoms with Crippen LogP contribution in [0.3, 0.4) is 0 Å². The van der Waals surface area contributed by atoms with E-state index < -0.39 is 0 Å². The summed E-state index contributed by atoms with van der Waals surface area (Å²) < 4.78 is 5.46. The van der Waals surface area contributed by atoms with E-state index in [0.29, 0.717) is 10.6 Å². The van der Waals surface area contributed by atoms with E-state index in [1.54, 1.807) is 6.26 Å². The first-order valence-corrected chi connectivity index (χ1v) is 6.39. The maximum atomic E-state index is 9.30. The molecule has 0 aromatic carbocycles. The average molecular weight is 255 g/mol. The Morgan fingerprint density at radius 3 is 2.89 bits per heavy atom. The molecule has 0 bridgehead atoms. The van der Waals surface area contributed by atoms with Crippen molar-refractivity contribution in [2.24, 2.45) is 0 Å². The van der Waals surface area contributed by atoms with Crippen LogP contribution < -0.4 is 0 Å². The number of fused-ring (bicyclic) bond motifs is 1. The van der Waals surface area contributed by atoms with E-state index in [0.717, 1.165) is 48.3 Å². The molecule has 1 aliphatic carbocycles. The molecule has 3 rings (SSSR count). The Hall–Kier alpha value is -1.86. The lowest BCUT2D eigenvalue weighted by Gasteiger charge is -2.22. The summed E-state index contributed by atoms with van der Waals surface area (Å²) in [6, 6.07) is 5.88. The highest BCUT2D eigenvalue weighted by atomic mass is 32.1. The lowest BCUT2D eigenvalue weighted by Crippen LogP contribution is -2.10. The van der Waals surface area contributed by atoms with E-state index in [2.05, 4.69) is 11.1 Å². The molecule has 2 aromatic rings. The predicted molar refractivity (Wildman–Crippen MR) is 68.9 cm³/mol. The molecule has 0 fully saturated rings. The summed E-state index contributed by atoms with van der Waals surface area (Å²) in [5, 5.41) is 9.69. The Balaban J connectivity index is 2.33. The van der Waals surface area contributed by atoms with Crippen molar-refractivity contribution in [3.8, 4) is 17.4 Å². The van der Waals surface area contributed by atoms with Crippen molar-refractivity contribution in [1.82, 2.24) is 4.98 Å². The zero-order valence-electron chi connectivity index (χ0n) is 9.77. The largest absolute Gasteiger partial charge is 0.759 e. The van der Waals surface area contributed by atoms with Gasteiger partial charge in [-0.3, -0.25) is 4.98 Å². The van der Waals surface area contributed by atoms with Crippen LogP contribution in [0.4, 0.5) is 0 Å². The van der Waals surface area contributed by atoms with Gasteiger partial charge in [-0.15, -0.1) is 0 Å². The van der Waals surface area contributed by atoms with Gasteiger partial charge in [-0.2, -0.15) is 5.26 Å². The number of nitriles is 1. The van der Waals surface area contributed by atoms with Crippen molar-refractivity contribution in [3.63, 3.8) is 0 Å². The SMILES string of the molecule is N#Cc1c([S-])nc2c(c1-c1ccco1)CCCC2. The minimum atomic E-state index is 0.393. The molecule has 0 saturated heterocycles. The fourth-order valence-corrected chi connectivity index (χ4v) is 2.77. The number of aromatic nitrogens is 1. The van der Waals surface area contributed by atoms with Gasteiger partial charge in [-0.05, 0) is 43.4 Å². The van der Waals surface area contributed by atoms with Crippen LogP contribution in [0, 0.1) is 11.3 Å². The van der Waals surface area contributed by atoms with E-state index in [1.165, 1.54) is 0 Å². The van der Waals surface area contributed by atoms with Crippen molar-refractivity contribution in [1.29, 1.82) is 5.26 Å². The second-order valence-corrected chi connectivity index (χ2v) is 4.78. The number of furan rings is 1. The fourth-order valence-electron chi connectivity index (χ4n) is 2.51. The van der Waals surface area contributed by atoms with Crippen LogP contribution in [-0.4, -0.2) is 4.98 Å². The normalized spacial score (nSPS) is 13.9. The second-order valence-electron chi connectivity index (χ2n) is 4.39. The van der Waals surface area contributed by atoms with Gasteiger partial charge in [0.2, 0.25) is 0 Å². The van der Waals surface area contributed by atoms with Gasteiger partial charge in [-0.1, -0.05) is 5.03 Å². The number of pyridine rings is 1. The lowest BCUT2D eigenvalue weighted by molar-refractivity contribution is 0.578. The first-order valence-electron chi connectivity index (χ1n) is 5.98. The smallest absolute Gasteiger partial charge is 0.135 e. The van der Waals surface area contributed by atoms with Gasteiger partial charge in [-0.25, -0.2) is 0 Å². The average Bonchev–Trinajstić information content (AvgIpc) is 2.90. The van der Waals surface area contributed by atoms with E-state index in [1.807, 2.05) is 12.1 Å². The fraction of sp³-hybridized carbons (Fsp3) is 0.286. The number of aryl methyl sites for hydroxylation is 1. The molecule has 90 valence electrons. The van der Waals surface area contributed by atoms with Crippen LogP contribution in [0.2, 0.25) is 0 Å². The molecule has 0 amide bonds. The van der Waals surface area contributed by atoms with Crippen LogP contribution in [0.15, 0.2) is 27.8 Å². The molecular formula is C14H11N2OS-. The highest BCUT2D eigenvalue weighted by molar-refractivity contribution is 7.58. The molecule has 0 N–H and O–H groups in total. The molecular weight excluding hydrogens is 244 g/mol.